The van der Waals surface area contributed by atoms with E-state index in [4.69, 9.17) is 0 Å². The highest BCUT2D eigenvalue weighted by molar-refractivity contribution is 7.99. The van der Waals surface area contributed by atoms with Crippen LogP contribution in [-0.4, -0.2) is 26.4 Å². The van der Waals surface area contributed by atoms with E-state index in [0.717, 1.165) is 11.3 Å². The Kier molecular flexibility index (Phi) is 7.10. The Bertz CT molecular complexity index is 1350. The number of aromatic nitrogens is 3. The quantitative estimate of drug-likeness (QED) is 0.209. The Morgan fingerprint density at radius 2 is 1.76 bits per heavy atom. The first-order valence-corrected chi connectivity index (χ1v) is 10.9. The number of rotatable bonds is 7. The van der Waals surface area contributed by atoms with Crippen LogP contribution < -0.4 is 5.32 Å². The van der Waals surface area contributed by atoms with Crippen LogP contribution in [0.5, 0.6) is 0 Å². The minimum absolute atomic E-state index is 0.131. The first-order valence-electron chi connectivity index (χ1n) is 10.1. The number of amides is 1. The zero-order valence-electron chi connectivity index (χ0n) is 17.6. The fourth-order valence-corrected chi connectivity index (χ4v) is 3.66. The lowest BCUT2D eigenvalue weighted by Gasteiger charge is -2.06. The van der Waals surface area contributed by atoms with Gasteiger partial charge in [0.05, 0.1) is 5.69 Å². The number of carbonyl (C=O) groups excluding carboxylic acids is 1. The van der Waals surface area contributed by atoms with Gasteiger partial charge in [0.1, 0.15) is 17.3 Å². The van der Waals surface area contributed by atoms with E-state index in [1.54, 1.807) is 35.4 Å². The number of nitriles is 1. The normalized spacial score (nSPS) is 11.3. The van der Waals surface area contributed by atoms with Crippen molar-refractivity contribution in [2.45, 2.75) is 10.7 Å². The monoisotopic (exact) mass is 473 g/mol. The van der Waals surface area contributed by atoms with E-state index < -0.39 is 11.7 Å². The summed E-state index contributed by atoms with van der Waals surface area (Å²) in [6.45, 7) is 0. The Labute approximate surface area is 198 Å². The molecule has 4 aromatic rings. The third-order valence-corrected chi connectivity index (χ3v) is 5.44. The Hall–Kier alpha value is -4.29. The van der Waals surface area contributed by atoms with E-state index in [9.17, 15) is 18.8 Å². The Morgan fingerprint density at radius 3 is 2.41 bits per heavy atom. The van der Waals surface area contributed by atoms with Gasteiger partial charge < -0.3 is 5.32 Å². The maximum atomic E-state index is 12.8. The van der Waals surface area contributed by atoms with Gasteiger partial charge in [-0.05, 0) is 54.6 Å². The van der Waals surface area contributed by atoms with Gasteiger partial charge in [-0.1, -0.05) is 30.0 Å². The summed E-state index contributed by atoms with van der Waals surface area (Å²) in [7, 11) is 0. The fourth-order valence-electron chi connectivity index (χ4n) is 3.16. The summed E-state index contributed by atoms with van der Waals surface area (Å²) in [5.41, 5.74) is 3.02. The highest BCUT2D eigenvalue weighted by Crippen LogP contribution is 2.27. The van der Waals surface area contributed by atoms with Crippen LogP contribution in [0.4, 0.5) is 14.5 Å². The summed E-state index contributed by atoms with van der Waals surface area (Å²) in [4.78, 5) is 17.2. The molecule has 6 nitrogen and oxygen atoms in total. The lowest BCUT2D eigenvalue weighted by Crippen LogP contribution is -2.13. The van der Waals surface area contributed by atoms with Gasteiger partial charge in [-0.25, -0.2) is 4.68 Å². The number of anilines is 1. The van der Waals surface area contributed by atoms with Crippen LogP contribution >= 0.6 is 11.8 Å². The van der Waals surface area contributed by atoms with Gasteiger partial charge in [0.25, 0.3) is 11.7 Å². The number of carbonyl (C=O) groups is 1. The van der Waals surface area contributed by atoms with Crippen molar-refractivity contribution in [1.29, 1.82) is 5.26 Å². The molecule has 1 N–H and O–H groups in total. The average molecular weight is 474 g/mol. The second-order valence-corrected chi connectivity index (χ2v) is 8.04. The molecule has 2 heterocycles. The second-order valence-electron chi connectivity index (χ2n) is 6.98. The van der Waals surface area contributed by atoms with Gasteiger partial charge >= 0.3 is 0 Å². The number of thioether (sulfide) groups is 1. The minimum atomic E-state index is -2.53. The number of alkyl halides is 2. The highest BCUT2D eigenvalue weighted by atomic mass is 32.2. The van der Waals surface area contributed by atoms with E-state index in [-0.39, 0.29) is 5.57 Å². The second kappa shape index (κ2) is 10.6. The topological polar surface area (TPSA) is 83.6 Å². The van der Waals surface area contributed by atoms with Gasteiger partial charge in [-0.15, -0.1) is 0 Å². The average Bonchev–Trinajstić information content (AvgIpc) is 3.28. The molecule has 0 unspecified atom stereocenters. The van der Waals surface area contributed by atoms with E-state index in [0.29, 0.717) is 33.6 Å². The number of nitrogens with one attached hydrogen (secondary N) is 1. The first-order chi connectivity index (χ1) is 16.5. The smallest absolute Gasteiger partial charge is 0.288 e. The maximum Gasteiger partial charge on any atom is 0.288 e. The lowest BCUT2D eigenvalue weighted by molar-refractivity contribution is -0.112. The fraction of sp³-hybridized carbons (Fsp3) is 0.0400. The molecule has 0 aliphatic carbocycles. The summed E-state index contributed by atoms with van der Waals surface area (Å²) in [5, 5.41) is 16.9. The molecule has 0 aliphatic rings. The lowest BCUT2D eigenvalue weighted by atomic mass is 10.1. The van der Waals surface area contributed by atoms with Crippen LogP contribution in [0, 0.1) is 11.3 Å². The summed E-state index contributed by atoms with van der Waals surface area (Å²) in [6, 6.07) is 20.9. The number of nitrogens with zero attached hydrogens (tertiary/aromatic N) is 4. The molecule has 168 valence electrons. The van der Waals surface area contributed by atoms with Gasteiger partial charge in [-0.2, -0.15) is 19.1 Å². The summed E-state index contributed by atoms with van der Waals surface area (Å²) >= 11 is 0.415. The van der Waals surface area contributed by atoms with Crippen LogP contribution in [0.15, 0.2) is 95.8 Å². The molecular weight excluding hydrogens is 456 g/mol. The molecule has 1 amide bonds. The molecule has 2 aromatic heterocycles. The molecule has 0 radical (unpaired) electrons. The Balaban J connectivity index is 1.65. The Morgan fingerprint density at radius 1 is 1.06 bits per heavy atom. The number of benzene rings is 2. The van der Waals surface area contributed by atoms with Crippen LogP contribution in [-0.2, 0) is 4.79 Å². The molecule has 0 fully saturated rings. The minimum Gasteiger partial charge on any atom is -0.321 e. The standard InChI is InChI=1S/C25H17F2N5OS/c26-25(27)34-22-8-6-20(7-9-22)30-24(33)18(15-28)14-19-16-32(21-4-2-1-3-5-21)31-23(19)17-10-12-29-13-11-17/h1-14,16,25H,(H,30,33)/b18-14+. The van der Waals surface area contributed by atoms with Crippen molar-refractivity contribution in [1.82, 2.24) is 14.8 Å². The number of para-hydroxylation sites is 1. The van der Waals surface area contributed by atoms with Crippen molar-refractivity contribution in [3.63, 3.8) is 0 Å². The third kappa shape index (κ3) is 5.54. The first kappa shape index (κ1) is 22.9. The predicted octanol–water partition coefficient (Wildman–Crippen LogP) is 5.79. The van der Waals surface area contributed by atoms with Crippen LogP contribution in [0.2, 0.25) is 0 Å². The van der Waals surface area contributed by atoms with Crippen LogP contribution in [0.1, 0.15) is 5.56 Å². The van der Waals surface area contributed by atoms with Crippen molar-refractivity contribution < 1.29 is 13.6 Å². The number of hydrogen-bond donors (Lipinski definition) is 1. The highest BCUT2D eigenvalue weighted by Gasteiger charge is 2.15. The number of halogens is 2. The van der Waals surface area contributed by atoms with Crippen molar-refractivity contribution in [2.75, 3.05) is 5.32 Å². The molecule has 0 saturated carbocycles. The van der Waals surface area contributed by atoms with Crippen molar-refractivity contribution >= 4 is 29.4 Å². The third-order valence-electron chi connectivity index (χ3n) is 4.72. The molecule has 0 atom stereocenters. The zero-order valence-corrected chi connectivity index (χ0v) is 18.4. The summed E-state index contributed by atoms with van der Waals surface area (Å²) in [5.74, 6) is -3.15. The van der Waals surface area contributed by atoms with Crippen LogP contribution in [0.3, 0.4) is 0 Å². The summed E-state index contributed by atoms with van der Waals surface area (Å²) < 4.78 is 26.7. The van der Waals surface area contributed by atoms with E-state index >= 15 is 0 Å². The molecule has 0 aliphatic heterocycles. The molecular formula is C25H17F2N5OS. The maximum absolute atomic E-state index is 12.8. The van der Waals surface area contributed by atoms with Crippen molar-refractivity contribution in [3.8, 4) is 23.0 Å². The van der Waals surface area contributed by atoms with Gasteiger partial charge in [0.2, 0.25) is 0 Å². The largest absolute Gasteiger partial charge is 0.321 e. The van der Waals surface area contributed by atoms with E-state index in [1.165, 1.54) is 30.3 Å². The molecule has 2 aromatic carbocycles. The number of hydrogen-bond acceptors (Lipinski definition) is 5. The summed E-state index contributed by atoms with van der Waals surface area (Å²) in [6.07, 6.45) is 6.49. The van der Waals surface area contributed by atoms with Crippen LogP contribution in [0.25, 0.3) is 23.0 Å². The predicted molar refractivity (Wildman–Crippen MR) is 127 cm³/mol. The van der Waals surface area contributed by atoms with Gasteiger partial charge in [-0.3, -0.25) is 9.78 Å². The molecule has 0 saturated heterocycles. The van der Waals surface area contributed by atoms with Gasteiger partial charge in [0, 0.05) is 40.3 Å². The number of pyridine rings is 1. The van der Waals surface area contributed by atoms with E-state index in [2.05, 4.69) is 15.4 Å². The molecule has 0 spiro atoms. The molecule has 34 heavy (non-hydrogen) atoms. The van der Waals surface area contributed by atoms with E-state index in [1.807, 2.05) is 36.4 Å². The molecule has 0 bridgehead atoms. The molecule has 9 heteroatoms. The van der Waals surface area contributed by atoms with Crippen molar-refractivity contribution in [3.05, 3.63) is 96.5 Å². The zero-order chi connectivity index (χ0) is 23.9. The van der Waals surface area contributed by atoms with Gasteiger partial charge in [0.15, 0.2) is 0 Å². The molecule has 4 rings (SSSR count). The van der Waals surface area contributed by atoms with Crippen molar-refractivity contribution in [2.24, 2.45) is 0 Å². The SMILES string of the molecule is N#C/C(=C\c1cn(-c2ccccc2)nc1-c1ccncc1)C(=O)Nc1ccc(SC(F)F)cc1.